The van der Waals surface area contributed by atoms with Crippen molar-refractivity contribution in [1.29, 1.82) is 0 Å². The van der Waals surface area contributed by atoms with Gasteiger partial charge in [-0.1, -0.05) is 26.0 Å². The van der Waals surface area contributed by atoms with E-state index in [0.717, 1.165) is 5.56 Å². The Morgan fingerprint density at radius 3 is 2.41 bits per heavy atom. The number of aliphatic hydroxyl groups is 1. The highest BCUT2D eigenvalue weighted by molar-refractivity contribution is 6.03. The quantitative estimate of drug-likeness (QED) is 0.351. The molecule has 1 aromatic rings. The Morgan fingerprint density at radius 1 is 1.11 bits per heavy atom. The van der Waals surface area contributed by atoms with Gasteiger partial charge in [-0.15, -0.1) is 0 Å². The highest BCUT2D eigenvalue weighted by Crippen LogP contribution is 2.26. The largest absolute Gasteiger partial charge is 0.439 e. The number of nitrogens with one attached hydrogen (secondary N) is 1. The molecule has 206 valence electrons. The lowest BCUT2D eigenvalue weighted by Crippen LogP contribution is -2.37. The molecule has 2 bridgehead atoms. The molecule has 1 heterocycles. The fraction of sp³-hybridized carbons (Fsp3) is 0.571. The molecular formula is C28H43N3O6. The predicted molar refractivity (Wildman–Crippen MR) is 145 cm³/mol. The smallest absolute Gasteiger partial charge is 0.405 e. The molecule has 0 saturated carbocycles. The van der Waals surface area contributed by atoms with E-state index in [0.29, 0.717) is 48.2 Å². The molecule has 6 atom stereocenters. The van der Waals surface area contributed by atoms with Gasteiger partial charge < -0.3 is 36.1 Å². The molecule has 1 aliphatic rings. The van der Waals surface area contributed by atoms with E-state index in [2.05, 4.69) is 12.2 Å². The lowest BCUT2D eigenvalue weighted by Gasteiger charge is -2.30. The average Bonchev–Trinajstić information content (AvgIpc) is 2.82. The van der Waals surface area contributed by atoms with Crippen LogP contribution in [0.5, 0.6) is 0 Å². The number of aliphatic hydroxyl groups excluding tert-OH is 1. The molecule has 2 rings (SSSR count). The predicted octanol–water partition coefficient (Wildman–Crippen LogP) is 3.95. The third kappa shape index (κ3) is 9.18. The van der Waals surface area contributed by atoms with Crippen molar-refractivity contribution in [3.8, 4) is 0 Å². The number of hydrogen-bond acceptors (Lipinski definition) is 7. The van der Waals surface area contributed by atoms with Gasteiger partial charge in [0.25, 0.3) is 5.91 Å². The summed E-state index contributed by atoms with van der Waals surface area (Å²) in [5.41, 5.74) is 14.9. The number of fused-ring (bicyclic) bond motifs is 2. The van der Waals surface area contributed by atoms with Gasteiger partial charge >= 0.3 is 6.09 Å². The first kappa shape index (κ1) is 30.3. The minimum atomic E-state index is -0.915. The summed E-state index contributed by atoms with van der Waals surface area (Å²) in [6, 6.07) is 5.55. The maximum Gasteiger partial charge on any atom is 0.405 e. The summed E-state index contributed by atoms with van der Waals surface area (Å²) in [5, 5.41) is 14.0. The van der Waals surface area contributed by atoms with E-state index in [1.807, 2.05) is 38.1 Å². The van der Waals surface area contributed by atoms with Crippen molar-refractivity contribution in [2.24, 2.45) is 17.6 Å². The molecule has 0 aromatic heterocycles. The van der Waals surface area contributed by atoms with Gasteiger partial charge in [0.05, 0.1) is 18.3 Å². The van der Waals surface area contributed by atoms with Crippen LogP contribution in [0.3, 0.4) is 0 Å². The lowest BCUT2D eigenvalue weighted by molar-refractivity contribution is -0.112. The first-order valence-corrected chi connectivity index (χ1v) is 12.7. The first-order chi connectivity index (χ1) is 17.4. The molecule has 0 aliphatic carbocycles. The second-order valence-corrected chi connectivity index (χ2v) is 10.1. The van der Waals surface area contributed by atoms with Gasteiger partial charge in [0, 0.05) is 37.1 Å². The molecule has 2 amide bonds. The molecule has 6 N–H and O–H groups in total. The van der Waals surface area contributed by atoms with Crippen molar-refractivity contribution in [3.05, 3.63) is 47.1 Å². The molecule has 0 radical (unpaired) electrons. The number of rotatable bonds is 3. The zero-order valence-electron chi connectivity index (χ0n) is 22.8. The summed E-state index contributed by atoms with van der Waals surface area (Å²) in [4.78, 5) is 24.5. The summed E-state index contributed by atoms with van der Waals surface area (Å²) in [6.45, 7) is 7.54. The number of hydrogen-bond donors (Lipinski definition) is 4. The van der Waals surface area contributed by atoms with E-state index in [-0.39, 0.29) is 17.7 Å². The number of benzene rings is 1. The van der Waals surface area contributed by atoms with Crippen molar-refractivity contribution in [2.45, 2.75) is 77.8 Å². The fourth-order valence-electron chi connectivity index (χ4n) is 4.88. The average molecular weight is 518 g/mol. The Bertz CT molecular complexity index is 992. The van der Waals surface area contributed by atoms with Crippen LogP contribution in [0.4, 0.5) is 16.2 Å². The van der Waals surface area contributed by atoms with Gasteiger partial charge in [-0.2, -0.15) is 0 Å². The van der Waals surface area contributed by atoms with E-state index >= 15 is 0 Å². The molecule has 0 unspecified atom stereocenters. The molecule has 9 heteroatoms. The van der Waals surface area contributed by atoms with Gasteiger partial charge in [-0.3, -0.25) is 4.79 Å². The summed E-state index contributed by atoms with van der Waals surface area (Å²) in [5.74, 6) is -0.359. The van der Waals surface area contributed by atoms with Crippen LogP contribution in [0.25, 0.3) is 0 Å². The van der Waals surface area contributed by atoms with Crippen LogP contribution in [-0.4, -0.2) is 55.7 Å². The number of ether oxygens (including phenoxy) is 3. The van der Waals surface area contributed by atoms with Gasteiger partial charge in [-0.05, 0) is 74.8 Å². The zero-order chi connectivity index (χ0) is 27.7. The van der Waals surface area contributed by atoms with Crippen LogP contribution in [0.1, 0.15) is 52.5 Å². The van der Waals surface area contributed by atoms with Crippen LogP contribution in [0, 0.1) is 11.8 Å². The molecule has 0 saturated heterocycles. The van der Waals surface area contributed by atoms with Gasteiger partial charge in [0.1, 0.15) is 0 Å². The minimum absolute atomic E-state index is 0.162. The summed E-state index contributed by atoms with van der Waals surface area (Å²) < 4.78 is 16.8. The summed E-state index contributed by atoms with van der Waals surface area (Å²) >= 11 is 0. The fourth-order valence-corrected chi connectivity index (χ4v) is 4.88. The Labute approximate surface area is 220 Å². The maximum absolute atomic E-state index is 12.8. The van der Waals surface area contributed by atoms with E-state index < -0.39 is 30.5 Å². The SMILES string of the molecule is CO[C@H]1C[C@@H](C)Cc2cc(N)cc(c2)NC(=O)/C(C)=C\CC[C@@H](OC)[C@H](OC(N)=O)/C(C)=C\[C@H](C)[C@@H]1O. The second kappa shape index (κ2) is 14.2. The monoisotopic (exact) mass is 517 g/mol. The number of nitrogens with two attached hydrogens (primary N) is 2. The van der Waals surface area contributed by atoms with Crippen molar-refractivity contribution in [3.63, 3.8) is 0 Å². The molecule has 1 aromatic carbocycles. The first-order valence-electron chi connectivity index (χ1n) is 12.7. The van der Waals surface area contributed by atoms with E-state index in [1.165, 1.54) is 7.11 Å². The van der Waals surface area contributed by atoms with Crippen LogP contribution in [0.2, 0.25) is 0 Å². The third-order valence-corrected chi connectivity index (χ3v) is 6.83. The minimum Gasteiger partial charge on any atom is -0.439 e. The molecule has 37 heavy (non-hydrogen) atoms. The molecule has 0 fully saturated rings. The maximum atomic E-state index is 12.8. The Balaban J connectivity index is 2.47. The number of carbonyl (C=O) groups is 2. The van der Waals surface area contributed by atoms with Crippen molar-refractivity contribution < 1.29 is 28.9 Å². The van der Waals surface area contributed by atoms with Crippen LogP contribution in [0.15, 0.2) is 41.5 Å². The molecule has 1 aliphatic heterocycles. The van der Waals surface area contributed by atoms with Crippen molar-refractivity contribution in [2.75, 3.05) is 25.3 Å². The Kier molecular flexibility index (Phi) is 11.6. The van der Waals surface area contributed by atoms with E-state index in [4.69, 9.17) is 25.7 Å². The highest BCUT2D eigenvalue weighted by Gasteiger charge is 2.30. The molecular weight excluding hydrogens is 474 g/mol. The number of carbonyl (C=O) groups excluding carboxylic acids is 2. The number of nitrogen functional groups attached to an aromatic ring is 1. The molecule has 0 spiro atoms. The lowest BCUT2D eigenvalue weighted by atomic mass is 9.88. The second-order valence-electron chi connectivity index (χ2n) is 10.1. The van der Waals surface area contributed by atoms with Crippen LogP contribution in [-0.2, 0) is 25.4 Å². The summed E-state index contributed by atoms with van der Waals surface area (Å²) in [7, 11) is 3.12. The number of amides is 2. The number of primary amides is 1. The number of anilines is 2. The van der Waals surface area contributed by atoms with Gasteiger partial charge in [0.15, 0.2) is 6.10 Å². The topological polar surface area (TPSA) is 146 Å². The van der Waals surface area contributed by atoms with E-state index in [9.17, 15) is 14.7 Å². The highest BCUT2D eigenvalue weighted by atomic mass is 16.6. The Hall–Kier alpha value is -2.88. The van der Waals surface area contributed by atoms with Crippen molar-refractivity contribution in [1.82, 2.24) is 0 Å². The van der Waals surface area contributed by atoms with E-state index in [1.54, 1.807) is 20.1 Å². The standard InChI is InChI=1S/C28H43N3O6/c1-16-10-20-13-21(29)15-22(14-20)31-27(33)17(2)8-7-9-23(35-5)26(37-28(30)34)19(4)12-18(3)25(32)24(11-16)36-6/h8,12-16,18,23-26,32H,7,9-11,29H2,1-6H3,(H2,30,34)(H,31,33)/b17-8-,19-12-/t16-,18-,23+,24-,25-,26+/m0/s1. The number of methoxy groups -OCH3 is 2. The van der Waals surface area contributed by atoms with Gasteiger partial charge in [-0.25, -0.2) is 4.79 Å². The number of allylic oxidation sites excluding steroid dienone is 1. The van der Waals surface area contributed by atoms with Crippen LogP contribution < -0.4 is 16.8 Å². The van der Waals surface area contributed by atoms with Gasteiger partial charge in [0.2, 0.25) is 0 Å². The molecule has 9 nitrogen and oxygen atoms in total. The third-order valence-electron chi connectivity index (χ3n) is 6.83. The van der Waals surface area contributed by atoms with Crippen LogP contribution >= 0.6 is 0 Å². The normalized spacial score (nSPS) is 31.4. The zero-order valence-corrected chi connectivity index (χ0v) is 22.8. The Morgan fingerprint density at radius 2 is 1.78 bits per heavy atom. The van der Waals surface area contributed by atoms with Crippen molar-refractivity contribution >= 4 is 23.4 Å². The summed E-state index contributed by atoms with van der Waals surface area (Å²) in [6.07, 6.45) is 2.60.